The van der Waals surface area contributed by atoms with Crippen molar-refractivity contribution in [3.05, 3.63) is 0 Å². The quantitative estimate of drug-likeness (QED) is 0.450. The molecular weight excluding hydrogens is 351 g/mol. The molecule has 1 saturated heterocycles. The maximum atomic E-state index is 4.74. The minimum atomic E-state index is 0. The Bertz CT molecular complexity index is 250. The van der Waals surface area contributed by atoms with E-state index in [4.69, 9.17) is 4.99 Å². The van der Waals surface area contributed by atoms with E-state index >= 15 is 0 Å². The molecule has 0 unspecified atom stereocenters. The van der Waals surface area contributed by atoms with E-state index in [1.54, 1.807) is 0 Å². The average molecular weight is 382 g/mol. The summed E-state index contributed by atoms with van der Waals surface area (Å²) in [6.07, 6.45) is 2.58. The van der Waals surface area contributed by atoms with Gasteiger partial charge in [-0.15, -0.1) is 24.0 Å². The summed E-state index contributed by atoms with van der Waals surface area (Å²) in [6.45, 7) is 12.9. The van der Waals surface area contributed by atoms with Crippen LogP contribution in [0.5, 0.6) is 0 Å². The lowest BCUT2D eigenvalue weighted by atomic mass is 10.00. The van der Waals surface area contributed by atoms with Crippen molar-refractivity contribution in [1.29, 1.82) is 0 Å². The molecule has 0 bridgehead atoms. The Morgan fingerprint density at radius 3 is 2.47 bits per heavy atom. The zero-order valence-corrected chi connectivity index (χ0v) is 15.3. The number of nitrogens with one attached hydrogen (secondary N) is 1. The lowest BCUT2D eigenvalue weighted by Gasteiger charge is -2.33. The van der Waals surface area contributed by atoms with Crippen molar-refractivity contribution in [2.24, 2.45) is 10.9 Å². The number of nitrogens with zero attached hydrogens (tertiary/aromatic N) is 3. The van der Waals surface area contributed by atoms with Gasteiger partial charge < -0.3 is 15.1 Å². The van der Waals surface area contributed by atoms with Gasteiger partial charge in [0.2, 0.25) is 0 Å². The van der Waals surface area contributed by atoms with Gasteiger partial charge in [-0.2, -0.15) is 0 Å². The van der Waals surface area contributed by atoms with Crippen LogP contribution >= 0.6 is 24.0 Å². The van der Waals surface area contributed by atoms with Crippen LogP contribution in [-0.4, -0.2) is 62.1 Å². The maximum Gasteiger partial charge on any atom is 0.193 e. The summed E-state index contributed by atoms with van der Waals surface area (Å²) in [6, 6.07) is 0. The molecule has 0 spiro atoms. The Hall–Kier alpha value is -0.0400. The van der Waals surface area contributed by atoms with Gasteiger partial charge in [-0.1, -0.05) is 13.8 Å². The van der Waals surface area contributed by atoms with Gasteiger partial charge in [-0.05, 0) is 39.3 Å². The highest BCUT2D eigenvalue weighted by molar-refractivity contribution is 14.0. The number of likely N-dealkylation sites (tertiary alicyclic amines) is 1. The molecule has 0 radical (unpaired) electrons. The molecule has 0 saturated carbocycles. The molecule has 1 N–H and O–H groups in total. The van der Waals surface area contributed by atoms with Crippen molar-refractivity contribution in [3.8, 4) is 0 Å². The van der Waals surface area contributed by atoms with Crippen molar-refractivity contribution < 1.29 is 0 Å². The average Bonchev–Trinajstić information content (AvgIpc) is 2.38. The molecule has 0 aromatic carbocycles. The van der Waals surface area contributed by atoms with Crippen LogP contribution in [0, 0.1) is 5.92 Å². The van der Waals surface area contributed by atoms with E-state index in [1.807, 2.05) is 0 Å². The molecule has 114 valence electrons. The molecule has 5 heteroatoms. The number of likely N-dealkylation sites (N-methyl/N-ethyl adjacent to an activating group) is 1. The van der Waals surface area contributed by atoms with Crippen LogP contribution in [0.4, 0.5) is 0 Å². The third-order valence-corrected chi connectivity index (χ3v) is 3.70. The van der Waals surface area contributed by atoms with Crippen LogP contribution in [-0.2, 0) is 0 Å². The molecule has 1 aliphatic heterocycles. The fourth-order valence-corrected chi connectivity index (χ4v) is 2.13. The summed E-state index contributed by atoms with van der Waals surface area (Å²) in [7, 11) is 2.14. The van der Waals surface area contributed by atoms with Gasteiger partial charge in [-0.3, -0.25) is 4.99 Å². The Morgan fingerprint density at radius 1 is 1.32 bits per heavy atom. The van der Waals surface area contributed by atoms with E-state index in [0.717, 1.165) is 51.1 Å². The molecule has 1 aliphatic rings. The summed E-state index contributed by atoms with van der Waals surface area (Å²) in [5.41, 5.74) is 0. The molecule has 0 aliphatic carbocycles. The second-order valence-corrected chi connectivity index (χ2v) is 5.30. The van der Waals surface area contributed by atoms with Crippen LogP contribution in [0.2, 0.25) is 0 Å². The van der Waals surface area contributed by atoms with Crippen molar-refractivity contribution in [1.82, 2.24) is 15.1 Å². The van der Waals surface area contributed by atoms with Crippen LogP contribution in [0.3, 0.4) is 0 Å². The zero-order valence-electron chi connectivity index (χ0n) is 13.0. The van der Waals surface area contributed by atoms with Gasteiger partial charge in [0.15, 0.2) is 5.96 Å². The Balaban J connectivity index is 0.00000324. The van der Waals surface area contributed by atoms with Gasteiger partial charge in [0.05, 0.1) is 6.54 Å². The van der Waals surface area contributed by atoms with Gasteiger partial charge >= 0.3 is 0 Å². The Morgan fingerprint density at radius 2 is 1.95 bits per heavy atom. The number of aliphatic imine (C=N–C) groups is 1. The van der Waals surface area contributed by atoms with Crippen molar-refractivity contribution in [3.63, 3.8) is 0 Å². The van der Waals surface area contributed by atoms with Crippen molar-refractivity contribution in [2.45, 2.75) is 33.6 Å². The Labute approximate surface area is 136 Å². The van der Waals surface area contributed by atoms with Crippen LogP contribution in [0.1, 0.15) is 33.6 Å². The molecule has 1 heterocycles. The number of hydrogen-bond donors (Lipinski definition) is 1. The fraction of sp³-hybridized carbons (Fsp3) is 0.929. The summed E-state index contributed by atoms with van der Waals surface area (Å²) >= 11 is 0. The minimum absolute atomic E-state index is 0. The standard InChI is InChI=1S/C14H30N4.HI/c1-5-15-14(16-9-12-17(4)6-2)18-10-7-13(3)8-11-18;/h13H,5-12H2,1-4H3,(H,15,16);1H. The first-order valence-electron chi connectivity index (χ1n) is 7.39. The van der Waals surface area contributed by atoms with Gasteiger partial charge in [0.25, 0.3) is 0 Å². The van der Waals surface area contributed by atoms with Crippen molar-refractivity contribution >= 4 is 29.9 Å². The SMILES string of the molecule is CCNC(=NCCN(C)CC)N1CCC(C)CC1.I. The smallest absolute Gasteiger partial charge is 0.193 e. The first-order chi connectivity index (χ1) is 8.67. The molecule has 0 aromatic rings. The summed E-state index contributed by atoms with van der Waals surface area (Å²) in [4.78, 5) is 9.45. The molecule has 0 atom stereocenters. The fourth-order valence-electron chi connectivity index (χ4n) is 2.13. The van der Waals surface area contributed by atoms with E-state index in [2.05, 4.69) is 42.9 Å². The minimum Gasteiger partial charge on any atom is -0.357 e. The molecule has 1 fully saturated rings. The molecule has 1 rings (SSSR count). The number of halogens is 1. The molecular formula is C14H31IN4. The summed E-state index contributed by atoms with van der Waals surface area (Å²) in [5, 5.41) is 3.42. The van der Waals surface area contributed by atoms with Crippen molar-refractivity contribution in [2.75, 3.05) is 46.3 Å². The van der Waals surface area contributed by atoms with E-state index in [9.17, 15) is 0 Å². The van der Waals surface area contributed by atoms with E-state index < -0.39 is 0 Å². The lowest BCUT2D eigenvalue weighted by Crippen LogP contribution is -2.45. The largest absolute Gasteiger partial charge is 0.357 e. The third-order valence-electron chi connectivity index (χ3n) is 3.70. The number of hydrogen-bond acceptors (Lipinski definition) is 2. The van der Waals surface area contributed by atoms with E-state index in [-0.39, 0.29) is 24.0 Å². The number of guanidine groups is 1. The second kappa shape index (κ2) is 10.7. The highest BCUT2D eigenvalue weighted by atomic mass is 127. The first-order valence-corrected chi connectivity index (χ1v) is 7.39. The second-order valence-electron chi connectivity index (χ2n) is 5.30. The van der Waals surface area contributed by atoms with Gasteiger partial charge in [0.1, 0.15) is 0 Å². The molecule has 0 aromatic heterocycles. The maximum absolute atomic E-state index is 4.74. The van der Waals surface area contributed by atoms with Gasteiger partial charge in [0, 0.05) is 26.2 Å². The van der Waals surface area contributed by atoms with Crippen LogP contribution < -0.4 is 5.32 Å². The molecule has 4 nitrogen and oxygen atoms in total. The predicted molar refractivity (Wildman–Crippen MR) is 94.5 cm³/mol. The number of piperidine rings is 1. The summed E-state index contributed by atoms with van der Waals surface area (Å²) < 4.78 is 0. The zero-order chi connectivity index (χ0) is 13.4. The van der Waals surface area contributed by atoms with Gasteiger partial charge in [-0.25, -0.2) is 0 Å². The number of rotatable bonds is 5. The van der Waals surface area contributed by atoms with E-state index in [0.29, 0.717) is 0 Å². The highest BCUT2D eigenvalue weighted by Crippen LogP contribution is 2.15. The normalized spacial score (nSPS) is 17.5. The third kappa shape index (κ3) is 7.34. The summed E-state index contributed by atoms with van der Waals surface area (Å²) in [5.74, 6) is 1.98. The topological polar surface area (TPSA) is 30.9 Å². The molecule has 19 heavy (non-hydrogen) atoms. The van der Waals surface area contributed by atoms with Crippen LogP contribution in [0.15, 0.2) is 4.99 Å². The molecule has 0 amide bonds. The lowest BCUT2D eigenvalue weighted by molar-refractivity contribution is 0.272. The first kappa shape index (κ1) is 19.0. The Kier molecular flexibility index (Phi) is 10.7. The predicted octanol–water partition coefficient (Wildman–Crippen LogP) is 2.25. The highest BCUT2D eigenvalue weighted by Gasteiger charge is 2.18. The van der Waals surface area contributed by atoms with Crippen LogP contribution in [0.25, 0.3) is 0 Å². The van der Waals surface area contributed by atoms with E-state index in [1.165, 1.54) is 12.8 Å². The monoisotopic (exact) mass is 382 g/mol.